The third-order valence-electron chi connectivity index (χ3n) is 12.7. The number of aliphatic hydroxyl groups excluding tert-OH is 2. The zero-order valence-electron chi connectivity index (χ0n) is 28.9. The van der Waals surface area contributed by atoms with Crippen molar-refractivity contribution in [1.82, 2.24) is 0 Å². The van der Waals surface area contributed by atoms with Crippen LogP contribution in [0, 0.1) is 45.3 Å². The summed E-state index contributed by atoms with van der Waals surface area (Å²) in [5.41, 5.74) is -4.12. The van der Waals surface area contributed by atoms with Crippen LogP contribution in [-0.2, 0) is 16.0 Å². The fraction of sp³-hybridized carbons (Fsp3) is 0.658. The Morgan fingerprint density at radius 1 is 0.956 bits per heavy atom. The highest BCUT2D eigenvalue weighted by Crippen LogP contribution is 2.70. The summed E-state index contributed by atoms with van der Waals surface area (Å²) in [6.45, 7) is 21.3. The summed E-state index contributed by atoms with van der Waals surface area (Å²) in [5, 5.41) is 47.8. The number of phenolic OH excluding ortho intramolecular Hbond substituents is 1. The molecule has 4 aliphatic rings. The molecule has 1 saturated carbocycles. The van der Waals surface area contributed by atoms with E-state index < -0.39 is 62.9 Å². The van der Waals surface area contributed by atoms with Crippen molar-refractivity contribution >= 4 is 17.3 Å². The van der Waals surface area contributed by atoms with Gasteiger partial charge < -0.3 is 20.4 Å². The lowest BCUT2D eigenvalue weighted by Crippen LogP contribution is -2.71. The zero-order chi connectivity index (χ0) is 34.0. The van der Waals surface area contributed by atoms with E-state index in [1.54, 1.807) is 6.92 Å². The molecule has 7 heteroatoms. The summed E-state index contributed by atoms with van der Waals surface area (Å²) >= 11 is 0. The quantitative estimate of drug-likeness (QED) is 0.256. The number of carbonyl (C=O) groups is 3. The van der Waals surface area contributed by atoms with Gasteiger partial charge in [-0.1, -0.05) is 81.4 Å². The second kappa shape index (κ2) is 10.0. The lowest BCUT2D eigenvalue weighted by atomic mass is 9.39. The fourth-order valence-corrected chi connectivity index (χ4v) is 11.1. The van der Waals surface area contributed by atoms with E-state index >= 15 is 0 Å². The highest BCUT2D eigenvalue weighted by molar-refractivity contribution is 6.25. The molecule has 0 radical (unpaired) electrons. The van der Waals surface area contributed by atoms with Crippen molar-refractivity contribution in [2.24, 2.45) is 45.3 Å². The van der Waals surface area contributed by atoms with Crippen molar-refractivity contribution in [2.75, 3.05) is 0 Å². The summed E-state index contributed by atoms with van der Waals surface area (Å²) in [4.78, 5) is 41.4. The first-order valence-corrected chi connectivity index (χ1v) is 16.5. The molecule has 4 aliphatic carbocycles. The molecule has 45 heavy (non-hydrogen) atoms. The predicted octanol–water partition coefficient (Wildman–Crippen LogP) is 7.55. The van der Waals surface area contributed by atoms with E-state index in [0.717, 1.165) is 26.2 Å². The van der Waals surface area contributed by atoms with Crippen LogP contribution in [-0.4, -0.2) is 43.4 Å². The van der Waals surface area contributed by atoms with Crippen molar-refractivity contribution in [3.8, 4) is 5.75 Å². The first-order valence-electron chi connectivity index (χ1n) is 16.5. The molecule has 1 unspecified atom stereocenters. The van der Waals surface area contributed by atoms with Gasteiger partial charge in [0.2, 0.25) is 5.78 Å². The van der Waals surface area contributed by atoms with Gasteiger partial charge in [-0.05, 0) is 78.2 Å². The Balaban J connectivity index is 1.72. The number of allylic oxidation sites excluding steroid dienone is 2. The second-order valence-electron chi connectivity index (χ2n) is 17.2. The number of aliphatic hydroxyl groups is 3. The molecule has 246 valence electrons. The van der Waals surface area contributed by atoms with Gasteiger partial charge in [0.25, 0.3) is 0 Å². The highest BCUT2D eigenvalue weighted by atomic mass is 16.3. The summed E-state index contributed by atoms with van der Waals surface area (Å²) < 4.78 is 0. The number of rotatable bonds is 4. The molecule has 6 atom stereocenters. The molecule has 1 aromatic carbocycles. The number of benzene rings is 1. The van der Waals surface area contributed by atoms with Crippen LogP contribution in [0.25, 0.3) is 0 Å². The third kappa shape index (κ3) is 4.28. The van der Waals surface area contributed by atoms with Gasteiger partial charge in [0.05, 0.1) is 5.56 Å². The number of fused-ring (bicyclic) bond motifs is 3. The molecule has 1 aromatic rings. The molecule has 5 rings (SSSR count). The van der Waals surface area contributed by atoms with Gasteiger partial charge in [0.15, 0.2) is 17.2 Å². The summed E-state index contributed by atoms with van der Waals surface area (Å²) in [5.74, 6) is -5.63. The Bertz CT molecular complexity index is 1560. The van der Waals surface area contributed by atoms with Crippen molar-refractivity contribution in [1.29, 1.82) is 0 Å². The van der Waals surface area contributed by atoms with E-state index in [9.17, 15) is 34.8 Å². The van der Waals surface area contributed by atoms with Gasteiger partial charge in [0, 0.05) is 22.3 Å². The number of hydrogen-bond donors (Lipinski definition) is 4. The normalized spacial score (nSPS) is 36.2. The first kappa shape index (κ1) is 33.4. The Labute approximate surface area is 267 Å². The average molecular weight is 621 g/mol. The fourth-order valence-electron chi connectivity index (χ4n) is 11.1. The largest absolute Gasteiger partial charge is 0.511 e. The Morgan fingerprint density at radius 2 is 1.51 bits per heavy atom. The smallest absolute Gasteiger partial charge is 0.209 e. The Hall–Kier alpha value is -2.93. The van der Waals surface area contributed by atoms with Crippen LogP contribution in [0.1, 0.15) is 123 Å². The standard InChI is InChI=1S/C38H52O7/c1-18(2)27-30(41)25(20(4)39)32(43)38(45)33(44)28-31(42)26-24(19(3)36(28,10)21(5)37(27,38)11)13-12-23(29(26)40)14-22-15-34(6,7)17-35(8,9)16-22/h12-13,18-19,21-22,27,40-41,44-45H,14-17H2,1-11H3/t19-,21-,27?,36-,37-,38+/m1/s1. The third-order valence-corrected chi connectivity index (χ3v) is 12.7. The molecular formula is C38H52O7. The lowest BCUT2D eigenvalue weighted by Gasteiger charge is -2.64. The van der Waals surface area contributed by atoms with E-state index in [1.807, 2.05) is 46.8 Å². The average Bonchev–Trinajstić information content (AvgIpc) is 2.88. The van der Waals surface area contributed by atoms with E-state index in [1.165, 1.54) is 0 Å². The molecule has 0 aliphatic heterocycles. The maximum absolute atomic E-state index is 14.6. The van der Waals surface area contributed by atoms with Gasteiger partial charge in [-0.3, -0.25) is 14.4 Å². The first-order chi connectivity index (χ1) is 20.5. The molecule has 4 N–H and O–H groups in total. The highest BCUT2D eigenvalue weighted by Gasteiger charge is 2.74. The molecule has 0 amide bonds. The van der Waals surface area contributed by atoms with Gasteiger partial charge in [0.1, 0.15) is 22.8 Å². The minimum Gasteiger partial charge on any atom is -0.511 e. The van der Waals surface area contributed by atoms with Crippen LogP contribution in [0.4, 0.5) is 0 Å². The molecule has 0 saturated heterocycles. The number of Topliss-reactive ketones (excluding diaryl/α,β-unsaturated/α-hetero) is 3. The van der Waals surface area contributed by atoms with Crippen LogP contribution in [0.3, 0.4) is 0 Å². The van der Waals surface area contributed by atoms with Gasteiger partial charge in [-0.25, -0.2) is 0 Å². The van der Waals surface area contributed by atoms with Crippen LogP contribution in [0.5, 0.6) is 5.75 Å². The number of hydrogen-bond acceptors (Lipinski definition) is 7. The van der Waals surface area contributed by atoms with Gasteiger partial charge in [-0.2, -0.15) is 0 Å². The Kier molecular flexibility index (Phi) is 7.45. The molecular weight excluding hydrogens is 568 g/mol. The van der Waals surface area contributed by atoms with Crippen LogP contribution >= 0.6 is 0 Å². The molecule has 7 nitrogen and oxygen atoms in total. The zero-order valence-corrected chi connectivity index (χ0v) is 28.9. The van der Waals surface area contributed by atoms with Gasteiger partial charge in [-0.15, -0.1) is 0 Å². The monoisotopic (exact) mass is 620 g/mol. The van der Waals surface area contributed by atoms with Gasteiger partial charge >= 0.3 is 0 Å². The number of aromatic hydroxyl groups is 1. The van der Waals surface area contributed by atoms with Crippen LogP contribution in [0.15, 0.2) is 34.8 Å². The maximum Gasteiger partial charge on any atom is 0.209 e. The van der Waals surface area contributed by atoms with Crippen molar-refractivity contribution in [3.05, 3.63) is 51.5 Å². The SMILES string of the molecule is CC(=O)C1=C(O)C(C(C)C)[C@@]2(C)[C@H](C)[C@]3(C)C(=C(O)[C@@]2(O)C1=O)C(=O)c1c(ccc(CC2CC(C)(C)CC(C)(C)C2)c1O)[C@H]3C. The van der Waals surface area contributed by atoms with Crippen LogP contribution in [0.2, 0.25) is 0 Å². The van der Waals surface area contributed by atoms with E-state index in [2.05, 4.69) is 27.7 Å². The van der Waals surface area contributed by atoms with Crippen LogP contribution < -0.4 is 0 Å². The summed E-state index contributed by atoms with van der Waals surface area (Å²) in [6, 6.07) is 3.84. The molecule has 0 heterocycles. The number of ketones is 3. The minimum absolute atomic E-state index is 0.0987. The van der Waals surface area contributed by atoms with E-state index in [4.69, 9.17) is 0 Å². The summed E-state index contributed by atoms with van der Waals surface area (Å²) in [6.07, 6.45) is 3.73. The van der Waals surface area contributed by atoms with E-state index in [0.29, 0.717) is 23.5 Å². The Morgan fingerprint density at radius 3 is 2.02 bits per heavy atom. The van der Waals surface area contributed by atoms with Crippen molar-refractivity contribution in [3.63, 3.8) is 0 Å². The summed E-state index contributed by atoms with van der Waals surface area (Å²) in [7, 11) is 0. The van der Waals surface area contributed by atoms with Crippen molar-refractivity contribution in [2.45, 2.75) is 113 Å². The number of phenols is 1. The minimum atomic E-state index is -2.64. The molecule has 0 aromatic heterocycles. The molecule has 1 fully saturated rings. The van der Waals surface area contributed by atoms with Crippen molar-refractivity contribution < 1.29 is 34.8 Å². The second-order valence-corrected chi connectivity index (χ2v) is 17.2. The lowest BCUT2D eigenvalue weighted by molar-refractivity contribution is -0.189. The number of carbonyl (C=O) groups excluding carboxylic acids is 3. The molecule has 0 spiro atoms. The molecule has 0 bridgehead atoms. The topological polar surface area (TPSA) is 132 Å². The van der Waals surface area contributed by atoms with E-state index in [-0.39, 0.29) is 39.4 Å². The predicted molar refractivity (Wildman–Crippen MR) is 173 cm³/mol. The maximum atomic E-state index is 14.6.